The van der Waals surface area contributed by atoms with Crippen LogP contribution in [0.15, 0.2) is 33.6 Å². The SMILES string of the molecule is CC(=O)OC1CCC2C3CC(C)C4=CC(=NOC5CC(OC(C)=O)C6(C)CCC7C(CCC8=CC(N=O)CCC87C)C56)CCC4(C)C3CCC12C. The van der Waals surface area contributed by atoms with Crippen LogP contribution in [-0.2, 0) is 23.9 Å². The van der Waals surface area contributed by atoms with E-state index >= 15 is 0 Å². The summed E-state index contributed by atoms with van der Waals surface area (Å²) in [6, 6.07) is -0.185. The van der Waals surface area contributed by atoms with Crippen LogP contribution in [0.3, 0.4) is 0 Å². The molecule has 0 aromatic carbocycles. The standard InChI is InChI=1S/C43H62N2O6/c1-24-20-31-32-10-11-37(49-25(2)46)42(32,6)18-14-34(31)41(5)17-13-29(22-35(24)41)45-51-36-23-38(50-26(3)47)43(7)19-15-33-30(39(36)43)9-8-27-21-28(44-48)12-16-40(27,33)4/h21-22,24,28,30-34,36-39H,8-20,23H2,1-7H3. The summed E-state index contributed by atoms with van der Waals surface area (Å²) in [5.41, 5.74) is 4.26. The first kappa shape index (κ1) is 35.5. The number of carbonyl (C=O) groups excluding carboxylic acids is 2. The van der Waals surface area contributed by atoms with Gasteiger partial charge in [-0.1, -0.05) is 62.2 Å². The highest BCUT2D eigenvalue weighted by atomic mass is 16.6. The fourth-order valence-corrected chi connectivity index (χ4v) is 14.8. The number of ether oxygens (including phenoxy) is 2. The average molecular weight is 703 g/mol. The maximum absolute atomic E-state index is 12.4. The molecule has 6 saturated carbocycles. The molecular weight excluding hydrogens is 640 g/mol. The van der Waals surface area contributed by atoms with Crippen molar-refractivity contribution >= 4 is 17.7 Å². The Morgan fingerprint density at radius 1 is 0.745 bits per heavy atom. The van der Waals surface area contributed by atoms with Crippen molar-refractivity contribution < 1.29 is 23.9 Å². The minimum absolute atomic E-state index is 0.0605. The van der Waals surface area contributed by atoms with E-state index in [1.54, 1.807) is 12.5 Å². The third kappa shape index (κ3) is 5.43. The lowest BCUT2D eigenvalue weighted by Gasteiger charge is -2.59. The second kappa shape index (κ2) is 12.5. The molecule has 0 heterocycles. The van der Waals surface area contributed by atoms with Crippen molar-refractivity contribution in [1.82, 2.24) is 0 Å². The van der Waals surface area contributed by atoms with Crippen molar-refractivity contribution in [2.75, 3.05) is 0 Å². The lowest BCUT2D eigenvalue weighted by molar-refractivity contribution is -0.158. The molecule has 8 heteroatoms. The molecule has 0 aliphatic heterocycles. The minimum atomic E-state index is -0.210. The zero-order valence-corrected chi connectivity index (χ0v) is 32.2. The van der Waals surface area contributed by atoms with Crippen LogP contribution in [0.25, 0.3) is 0 Å². The van der Waals surface area contributed by atoms with Crippen LogP contribution in [0.4, 0.5) is 0 Å². The zero-order valence-electron chi connectivity index (χ0n) is 32.2. The number of oxime groups is 1. The Balaban J connectivity index is 1.04. The van der Waals surface area contributed by atoms with Gasteiger partial charge in [0.1, 0.15) is 24.4 Å². The van der Waals surface area contributed by atoms with Gasteiger partial charge in [-0.3, -0.25) is 9.59 Å². The molecule has 15 unspecified atom stereocenters. The number of esters is 2. The van der Waals surface area contributed by atoms with E-state index in [9.17, 15) is 14.5 Å². The van der Waals surface area contributed by atoms with Crippen LogP contribution >= 0.6 is 0 Å². The lowest BCUT2D eigenvalue weighted by Crippen LogP contribution is -2.53. The predicted octanol–water partition coefficient (Wildman–Crippen LogP) is 9.51. The number of nitrogens with zero attached hydrogens (tertiary/aromatic N) is 2. The molecule has 8 nitrogen and oxygen atoms in total. The molecule has 0 saturated heterocycles. The molecule has 8 aliphatic rings. The van der Waals surface area contributed by atoms with E-state index in [2.05, 4.69) is 51.9 Å². The number of carbonyl (C=O) groups is 2. The van der Waals surface area contributed by atoms with Gasteiger partial charge in [0.2, 0.25) is 0 Å². The Kier molecular flexibility index (Phi) is 8.73. The van der Waals surface area contributed by atoms with Gasteiger partial charge < -0.3 is 14.3 Å². The Morgan fingerprint density at radius 3 is 2.18 bits per heavy atom. The van der Waals surface area contributed by atoms with Gasteiger partial charge in [0.15, 0.2) is 0 Å². The summed E-state index contributed by atoms with van der Waals surface area (Å²) < 4.78 is 12.0. The maximum Gasteiger partial charge on any atom is 0.302 e. The predicted molar refractivity (Wildman–Crippen MR) is 196 cm³/mol. The fourth-order valence-electron chi connectivity index (χ4n) is 14.8. The summed E-state index contributed by atoms with van der Waals surface area (Å²) in [6.07, 6.45) is 18.9. The number of rotatable bonds is 5. The van der Waals surface area contributed by atoms with Gasteiger partial charge in [0, 0.05) is 37.0 Å². The van der Waals surface area contributed by atoms with E-state index in [1.165, 1.54) is 31.8 Å². The lowest BCUT2D eigenvalue weighted by atomic mass is 9.45. The van der Waals surface area contributed by atoms with Crippen LogP contribution in [0.2, 0.25) is 0 Å². The highest BCUT2D eigenvalue weighted by molar-refractivity contribution is 5.96. The smallest absolute Gasteiger partial charge is 0.302 e. The number of fused-ring (bicyclic) bond motifs is 10. The van der Waals surface area contributed by atoms with E-state index in [-0.39, 0.29) is 63.9 Å². The summed E-state index contributed by atoms with van der Waals surface area (Å²) in [7, 11) is 0. The van der Waals surface area contributed by atoms with Gasteiger partial charge in [-0.25, -0.2) is 0 Å². The van der Waals surface area contributed by atoms with Crippen molar-refractivity contribution in [2.24, 2.45) is 73.4 Å². The first-order chi connectivity index (χ1) is 24.2. The fraction of sp³-hybridized carbons (Fsp3) is 0.837. The van der Waals surface area contributed by atoms with Crippen LogP contribution < -0.4 is 0 Å². The third-order valence-electron chi connectivity index (χ3n) is 17.2. The van der Waals surface area contributed by atoms with Crippen molar-refractivity contribution in [3.63, 3.8) is 0 Å². The molecule has 280 valence electrons. The molecule has 8 rings (SSSR count). The molecule has 0 aromatic rings. The Bertz CT molecular complexity index is 1550. The van der Waals surface area contributed by atoms with Gasteiger partial charge in [0.25, 0.3) is 0 Å². The second-order valence-corrected chi connectivity index (χ2v) is 19.5. The zero-order chi connectivity index (χ0) is 36.1. The van der Waals surface area contributed by atoms with Gasteiger partial charge in [-0.2, -0.15) is 4.91 Å². The van der Waals surface area contributed by atoms with Gasteiger partial charge in [0.05, 0.1) is 5.71 Å². The van der Waals surface area contributed by atoms with Gasteiger partial charge >= 0.3 is 11.9 Å². The first-order valence-corrected chi connectivity index (χ1v) is 20.5. The number of allylic oxidation sites excluding steroid dienone is 3. The number of hydrogen-bond donors (Lipinski definition) is 0. The molecule has 6 fully saturated rings. The molecule has 0 aromatic heterocycles. The third-order valence-corrected chi connectivity index (χ3v) is 17.2. The van der Waals surface area contributed by atoms with Crippen LogP contribution in [0, 0.1) is 68.0 Å². The van der Waals surface area contributed by atoms with Crippen molar-refractivity contribution in [3.05, 3.63) is 28.2 Å². The van der Waals surface area contributed by atoms with E-state index in [0.717, 1.165) is 69.9 Å². The molecule has 0 amide bonds. The molecule has 0 radical (unpaired) electrons. The van der Waals surface area contributed by atoms with E-state index in [1.807, 2.05) is 0 Å². The molecule has 15 atom stereocenters. The molecule has 8 aliphatic carbocycles. The Labute approximate surface area is 305 Å². The number of hydrogen-bond acceptors (Lipinski definition) is 8. The summed E-state index contributed by atoms with van der Waals surface area (Å²) in [6.45, 7) is 15.2. The van der Waals surface area contributed by atoms with E-state index < -0.39 is 0 Å². The largest absolute Gasteiger partial charge is 0.462 e. The summed E-state index contributed by atoms with van der Waals surface area (Å²) in [5.74, 6) is 3.32. The Morgan fingerprint density at radius 2 is 1.45 bits per heavy atom. The highest BCUT2D eigenvalue weighted by Crippen LogP contribution is 2.68. The van der Waals surface area contributed by atoms with Crippen molar-refractivity contribution in [1.29, 1.82) is 0 Å². The number of nitroso groups, excluding NO2 is 1. The van der Waals surface area contributed by atoms with Crippen LogP contribution in [-0.4, -0.2) is 42.0 Å². The monoisotopic (exact) mass is 702 g/mol. The van der Waals surface area contributed by atoms with Gasteiger partial charge in [-0.15, -0.1) is 0 Å². The van der Waals surface area contributed by atoms with Crippen LogP contribution in [0.1, 0.15) is 138 Å². The molecule has 0 bridgehead atoms. The first-order valence-electron chi connectivity index (χ1n) is 20.5. The van der Waals surface area contributed by atoms with Crippen molar-refractivity contribution in [2.45, 2.75) is 163 Å². The van der Waals surface area contributed by atoms with Crippen molar-refractivity contribution in [3.8, 4) is 0 Å². The summed E-state index contributed by atoms with van der Waals surface area (Å²) in [4.78, 5) is 42.6. The van der Waals surface area contributed by atoms with E-state index in [4.69, 9.17) is 19.5 Å². The average Bonchev–Trinajstić information content (AvgIpc) is 3.55. The quantitative estimate of drug-likeness (QED) is 0.122. The Hall–Kier alpha value is -2.51. The summed E-state index contributed by atoms with van der Waals surface area (Å²) >= 11 is 0. The summed E-state index contributed by atoms with van der Waals surface area (Å²) in [5, 5.41) is 8.42. The molecule has 0 N–H and O–H groups in total. The highest BCUT2D eigenvalue weighted by Gasteiger charge is 2.65. The van der Waals surface area contributed by atoms with Gasteiger partial charge in [-0.05, 0) is 136 Å². The second-order valence-electron chi connectivity index (χ2n) is 19.5. The molecular formula is C43H62N2O6. The maximum atomic E-state index is 12.4. The molecule has 51 heavy (non-hydrogen) atoms. The minimum Gasteiger partial charge on any atom is -0.462 e. The van der Waals surface area contributed by atoms with E-state index in [0.29, 0.717) is 41.9 Å². The topological polar surface area (TPSA) is 104 Å². The normalized spacial score (nSPS) is 50.6. The molecule has 0 spiro atoms. The van der Waals surface area contributed by atoms with Crippen LogP contribution in [0.5, 0.6) is 0 Å².